The smallest absolute Gasteiger partial charge is 0.335 e. The van der Waals surface area contributed by atoms with E-state index in [-0.39, 0.29) is 12.3 Å². The van der Waals surface area contributed by atoms with E-state index in [2.05, 4.69) is 0 Å². The molecule has 0 amide bonds. The first kappa shape index (κ1) is 11.5. The highest BCUT2D eigenvalue weighted by Gasteiger charge is 2.22. The molecular formula is C10H18O4. The highest BCUT2D eigenvalue weighted by atomic mass is 16.7. The van der Waals surface area contributed by atoms with Gasteiger partial charge in [-0.1, -0.05) is 0 Å². The topological polar surface area (TPSA) is 44.8 Å². The minimum atomic E-state index is -0.530. The van der Waals surface area contributed by atoms with Gasteiger partial charge in [0.2, 0.25) is 0 Å². The molecule has 0 aliphatic carbocycles. The number of hydrogen-bond acceptors (Lipinski definition) is 4. The second-order valence-corrected chi connectivity index (χ2v) is 3.33. The van der Waals surface area contributed by atoms with Crippen LogP contribution >= 0.6 is 0 Å². The van der Waals surface area contributed by atoms with Crippen molar-refractivity contribution in [2.75, 3.05) is 13.2 Å². The molecule has 1 aliphatic rings. The molecule has 0 aromatic rings. The van der Waals surface area contributed by atoms with Crippen molar-refractivity contribution >= 4 is 5.97 Å². The lowest BCUT2D eigenvalue weighted by Gasteiger charge is -2.25. The highest BCUT2D eigenvalue weighted by molar-refractivity contribution is 5.74. The van der Waals surface area contributed by atoms with E-state index in [1.165, 1.54) is 0 Å². The average Bonchev–Trinajstić information content (AvgIpc) is 2.19. The third kappa shape index (κ3) is 3.64. The third-order valence-electron chi connectivity index (χ3n) is 2.11. The summed E-state index contributed by atoms with van der Waals surface area (Å²) in [5.74, 6) is -0.318. The molecule has 2 atom stereocenters. The second-order valence-electron chi connectivity index (χ2n) is 3.33. The number of esters is 1. The zero-order valence-corrected chi connectivity index (χ0v) is 8.82. The lowest BCUT2D eigenvalue weighted by Crippen LogP contribution is -2.32. The maximum absolute atomic E-state index is 11.2. The van der Waals surface area contributed by atoms with Gasteiger partial charge in [-0.25, -0.2) is 4.79 Å². The van der Waals surface area contributed by atoms with E-state index in [1.807, 2.05) is 0 Å². The van der Waals surface area contributed by atoms with E-state index in [9.17, 15) is 4.79 Å². The number of carbonyl (C=O) groups is 1. The lowest BCUT2D eigenvalue weighted by molar-refractivity contribution is -0.200. The van der Waals surface area contributed by atoms with Crippen LogP contribution in [0, 0.1) is 0 Å². The third-order valence-corrected chi connectivity index (χ3v) is 2.11. The molecule has 1 aliphatic heterocycles. The van der Waals surface area contributed by atoms with Gasteiger partial charge in [-0.2, -0.15) is 0 Å². The van der Waals surface area contributed by atoms with Crippen molar-refractivity contribution < 1.29 is 19.0 Å². The molecule has 82 valence electrons. The molecule has 0 bridgehead atoms. The normalized spacial score (nSPS) is 24.3. The SMILES string of the molecule is CCOC(=O)[C@H](C)O[C@H]1CCCCO1. The lowest BCUT2D eigenvalue weighted by atomic mass is 10.2. The summed E-state index contributed by atoms with van der Waals surface area (Å²) in [5.41, 5.74) is 0. The summed E-state index contributed by atoms with van der Waals surface area (Å²) in [5, 5.41) is 0. The van der Waals surface area contributed by atoms with Crippen molar-refractivity contribution in [3.63, 3.8) is 0 Å². The van der Waals surface area contributed by atoms with Crippen molar-refractivity contribution in [2.45, 2.75) is 45.5 Å². The van der Waals surface area contributed by atoms with Gasteiger partial charge in [0.05, 0.1) is 6.61 Å². The van der Waals surface area contributed by atoms with Crippen molar-refractivity contribution in [1.82, 2.24) is 0 Å². The van der Waals surface area contributed by atoms with Crippen LogP contribution in [0.3, 0.4) is 0 Å². The van der Waals surface area contributed by atoms with Crippen LogP contribution in [0.25, 0.3) is 0 Å². The zero-order chi connectivity index (χ0) is 10.4. The van der Waals surface area contributed by atoms with Gasteiger partial charge in [0.1, 0.15) is 0 Å². The van der Waals surface area contributed by atoms with E-state index in [0.29, 0.717) is 6.61 Å². The predicted molar refractivity (Wildman–Crippen MR) is 50.8 cm³/mol. The Morgan fingerprint density at radius 2 is 2.36 bits per heavy atom. The van der Waals surface area contributed by atoms with E-state index < -0.39 is 6.10 Å². The summed E-state index contributed by atoms with van der Waals surface area (Å²) < 4.78 is 15.6. The fourth-order valence-electron chi connectivity index (χ4n) is 1.36. The fraction of sp³-hybridized carbons (Fsp3) is 0.900. The largest absolute Gasteiger partial charge is 0.464 e. The summed E-state index contributed by atoms with van der Waals surface area (Å²) in [6.45, 7) is 4.58. The summed E-state index contributed by atoms with van der Waals surface area (Å²) in [4.78, 5) is 11.2. The summed E-state index contributed by atoms with van der Waals surface area (Å²) in [6.07, 6.45) is 2.28. The molecule has 4 nitrogen and oxygen atoms in total. The molecule has 0 N–H and O–H groups in total. The standard InChI is InChI=1S/C10H18O4/c1-3-12-10(11)8(2)14-9-6-4-5-7-13-9/h8-9H,3-7H2,1-2H3/t8-,9-/m0/s1. The van der Waals surface area contributed by atoms with Crippen molar-refractivity contribution in [2.24, 2.45) is 0 Å². The number of rotatable bonds is 4. The number of carbonyl (C=O) groups excluding carboxylic acids is 1. The Bertz CT molecular complexity index is 175. The minimum Gasteiger partial charge on any atom is -0.464 e. The number of ether oxygens (including phenoxy) is 3. The summed E-state index contributed by atoms with van der Waals surface area (Å²) >= 11 is 0. The van der Waals surface area contributed by atoms with Crippen LogP contribution < -0.4 is 0 Å². The molecule has 14 heavy (non-hydrogen) atoms. The van der Waals surface area contributed by atoms with Gasteiger partial charge in [0.25, 0.3) is 0 Å². The molecule has 0 spiro atoms. The molecule has 0 unspecified atom stereocenters. The monoisotopic (exact) mass is 202 g/mol. The quantitative estimate of drug-likeness (QED) is 0.648. The Hall–Kier alpha value is -0.610. The van der Waals surface area contributed by atoms with Crippen LogP contribution in [0.2, 0.25) is 0 Å². The van der Waals surface area contributed by atoms with Crippen molar-refractivity contribution in [3.8, 4) is 0 Å². The Morgan fingerprint density at radius 3 is 2.93 bits per heavy atom. The van der Waals surface area contributed by atoms with E-state index in [1.54, 1.807) is 13.8 Å². The van der Waals surface area contributed by atoms with Crippen LogP contribution in [0.4, 0.5) is 0 Å². The Balaban J connectivity index is 2.24. The molecule has 1 fully saturated rings. The molecule has 1 rings (SSSR count). The average molecular weight is 202 g/mol. The molecule has 1 heterocycles. The maximum atomic E-state index is 11.2. The van der Waals surface area contributed by atoms with Crippen molar-refractivity contribution in [3.05, 3.63) is 0 Å². The maximum Gasteiger partial charge on any atom is 0.335 e. The zero-order valence-electron chi connectivity index (χ0n) is 8.82. The Labute approximate surface area is 84.5 Å². The summed E-state index contributed by atoms with van der Waals surface area (Å²) in [6, 6.07) is 0. The van der Waals surface area contributed by atoms with Crippen LogP contribution in [-0.2, 0) is 19.0 Å². The van der Waals surface area contributed by atoms with Crippen LogP contribution in [0.15, 0.2) is 0 Å². The Kier molecular flexibility index (Phi) is 4.90. The van der Waals surface area contributed by atoms with Gasteiger partial charge in [0, 0.05) is 6.61 Å². The van der Waals surface area contributed by atoms with Gasteiger partial charge in [-0.15, -0.1) is 0 Å². The summed E-state index contributed by atoms with van der Waals surface area (Å²) in [7, 11) is 0. The van der Waals surface area contributed by atoms with Gasteiger partial charge < -0.3 is 14.2 Å². The first-order valence-electron chi connectivity index (χ1n) is 5.17. The minimum absolute atomic E-state index is 0.233. The molecular weight excluding hydrogens is 184 g/mol. The highest BCUT2D eigenvalue weighted by Crippen LogP contribution is 2.15. The van der Waals surface area contributed by atoms with Crippen molar-refractivity contribution in [1.29, 1.82) is 0 Å². The molecule has 0 saturated carbocycles. The van der Waals surface area contributed by atoms with Crippen LogP contribution in [0.1, 0.15) is 33.1 Å². The molecule has 1 saturated heterocycles. The van der Waals surface area contributed by atoms with E-state index in [0.717, 1.165) is 25.9 Å². The molecule has 0 radical (unpaired) electrons. The first-order valence-corrected chi connectivity index (χ1v) is 5.17. The van der Waals surface area contributed by atoms with Gasteiger partial charge in [-0.05, 0) is 33.1 Å². The molecule has 4 heteroatoms. The van der Waals surface area contributed by atoms with Gasteiger partial charge in [0.15, 0.2) is 12.4 Å². The van der Waals surface area contributed by atoms with E-state index >= 15 is 0 Å². The fourth-order valence-corrected chi connectivity index (χ4v) is 1.36. The predicted octanol–water partition coefficient (Wildman–Crippen LogP) is 1.48. The van der Waals surface area contributed by atoms with Gasteiger partial charge >= 0.3 is 5.97 Å². The number of hydrogen-bond donors (Lipinski definition) is 0. The molecule has 0 aromatic carbocycles. The van der Waals surface area contributed by atoms with Crippen LogP contribution in [-0.4, -0.2) is 31.6 Å². The van der Waals surface area contributed by atoms with E-state index in [4.69, 9.17) is 14.2 Å². The van der Waals surface area contributed by atoms with Crippen LogP contribution in [0.5, 0.6) is 0 Å². The molecule has 0 aromatic heterocycles. The first-order chi connectivity index (χ1) is 6.74. The second kappa shape index (κ2) is 5.98. The van der Waals surface area contributed by atoms with Gasteiger partial charge in [-0.3, -0.25) is 0 Å². The Morgan fingerprint density at radius 1 is 1.57 bits per heavy atom.